The first-order chi connectivity index (χ1) is 10.1. The van der Waals surface area contributed by atoms with Crippen molar-refractivity contribution >= 4 is 10.0 Å². The van der Waals surface area contributed by atoms with Crippen LogP contribution in [0.25, 0.3) is 0 Å². The van der Waals surface area contributed by atoms with Crippen molar-refractivity contribution in [3.63, 3.8) is 0 Å². The van der Waals surface area contributed by atoms with E-state index in [1.807, 2.05) is 27.7 Å². The van der Waals surface area contributed by atoms with Gasteiger partial charge in [0.15, 0.2) is 0 Å². The molecule has 0 unspecified atom stereocenters. The molecule has 3 rings (SSSR count). The van der Waals surface area contributed by atoms with Crippen LogP contribution < -0.4 is 4.74 Å². The van der Waals surface area contributed by atoms with Gasteiger partial charge in [0.1, 0.15) is 23.6 Å². The third kappa shape index (κ3) is 2.53. The largest absolute Gasteiger partial charge is 0.485 e. The highest BCUT2D eigenvalue weighted by molar-refractivity contribution is 7.89. The van der Waals surface area contributed by atoms with Gasteiger partial charge in [-0.15, -0.1) is 0 Å². The molecule has 2 aliphatic rings. The van der Waals surface area contributed by atoms with Crippen LogP contribution in [0.2, 0.25) is 0 Å². The molecule has 22 heavy (non-hydrogen) atoms. The predicted molar refractivity (Wildman–Crippen MR) is 83.4 cm³/mol. The summed E-state index contributed by atoms with van der Waals surface area (Å²) in [6, 6.07) is 5.05. The lowest BCUT2D eigenvalue weighted by molar-refractivity contribution is 0.0724. The summed E-state index contributed by atoms with van der Waals surface area (Å²) >= 11 is 0. The van der Waals surface area contributed by atoms with Crippen LogP contribution >= 0.6 is 0 Å². The van der Waals surface area contributed by atoms with E-state index < -0.39 is 10.0 Å². The van der Waals surface area contributed by atoms with Crippen molar-refractivity contribution in [1.29, 1.82) is 0 Å². The molecule has 0 N–H and O–H groups in total. The van der Waals surface area contributed by atoms with Crippen LogP contribution in [-0.2, 0) is 14.8 Å². The predicted octanol–water partition coefficient (Wildman–Crippen LogP) is 2.57. The highest BCUT2D eigenvalue weighted by Gasteiger charge is 2.56. The number of nitrogens with zero attached hydrogens (tertiary/aromatic N) is 1. The van der Waals surface area contributed by atoms with Crippen LogP contribution in [0.1, 0.15) is 39.4 Å². The maximum absolute atomic E-state index is 12.6. The number of fused-ring (bicyclic) bond motifs is 3. The fourth-order valence-corrected chi connectivity index (χ4v) is 4.38. The molecule has 6 heteroatoms. The third-order valence-electron chi connectivity index (χ3n) is 4.17. The molecule has 1 aromatic rings. The number of sulfonamides is 1. The van der Waals surface area contributed by atoms with Crippen molar-refractivity contribution in [2.75, 3.05) is 13.6 Å². The van der Waals surface area contributed by atoms with Crippen molar-refractivity contribution in [3.05, 3.63) is 23.8 Å². The lowest BCUT2D eigenvalue weighted by atomic mass is 9.94. The maximum Gasteiger partial charge on any atom is 0.242 e. The molecule has 122 valence electrons. The molecule has 2 aliphatic heterocycles. The summed E-state index contributed by atoms with van der Waals surface area (Å²) < 4.78 is 38.3. The average Bonchev–Trinajstić information content (AvgIpc) is 3.18. The number of ether oxygens (including phenoxy) is 2. The Balaban J connectivity index is 1.94. The minimum absolute atomic E-state index is 0.00588. The van der Waals surface area contributed by atoms with Gasteiger partial charge >= 0.3 is 0 Å². The van der Waals surface area contributed by atoms with E-state index in [9.17, 15) is 8.42 Å². The zero-order valence-corrected chi connectivity index (χ0v) is 14.5. The minimum Gasteiger partial charge on any atom is -0.485 e. The van der Waals surface area contributed by atoms with E-state index in [-0.39, 0.29) is 23.7 Å². The van der Waals surface area contributed by atoms with Gasteiger partial charge in [0, 0.05) is 19.2 Å². The molecule has 0 spiro atoms. The van der Waals surface area contributed by atoms with Gasteiger partial charge in [-0.2, -0.15) is 0 Å². The summed E-state index contributed by atoms with van der Waals surface area (Å²) in [6.45, 7) is 8.46. The van der Waals surface area contributed by atoms with Gasteiger partial charge in [-0.1, -0.05) is 13.8 Å². The summed E-state index contributed by atoms with van der Waals surface area (Å²) in [5.41, 5.74) is 0.468. The summed E-state index contributed by atoms with van der Waals surface area (Å²) in [7, 11) is -1.86. The molecule has 1 saturated heterocycles. The Morgan fingerprint density at radius 1 is 1.32 bits per heavy atom. The number of hydrogen-bond donors (Lipinski definition) is 0. The van der Waals surface area contributed by atoms with Crippen molar-refractivity contribution in [2.24, 2.45) is 5.92 Å². The summed E-state index contributed by atoms with van der Waals surface area (Å²) in [5.74, 6) is 0.992. The Morgan fingerprint density at radius 3 is 2.64 bits per heavy atom. The molecular formula is C16H23NO4S. The first kappa shape index (κ1) is 15.8. The van der Waals surface area contributed by atoms with E-state index in [1.165, 1.54) is 4.31 Å². The number of rotatable bonds is 4. The zero-order valence-electron chi connectivity index (χ0n) is 13.7. The van der Waals surface area contributed by atoms with Crippen LogP contribution in [0, 0.1) is 5.92 Å². The van der Waals surface area contributed by atoms with Crippen LogP contribution in [0.5, 0.6) is 5.75 Å². The van der Waals surface area contributed by atoms with Crippen molar-refractivity contribution in [2.45, 2.75) is 50.4 Å². The van der Waals surface area contributed by atoms with Crippen molar-refractivity contribution in [1.82, 2.24) is 4.31 Å². The number of benzene rings is 1. The topological polar surface area (TPSA) is 59.1 Å². The monoisotopic (exact) mass is 325 g/mol. The molecule has 0 amide bonds. The van der Waals surface area contributed by atoms with Crippen molar-refractivity contribution < 1.29 is 17.9 Å². The number of hydrogen-bond acceptors (Lipinski definition) is 4. The maximum atomic E-state index is 12.6. The molecule has 1 fully saturated rings. The Bertz CT molecular complexity index is 696. The van der Waals surface area contributed by atoms with Crippen LogP contribution in [0.15, 0.2) is 23.1 Å². The standard InChI is InChI=1S/C16H23NO4S/c1-10(2)9-17(5)22(18,19)11-6-7-13-12(8-11)14-15(20-14)16(3,4)21-13/h6-8,10,14-15H,9H2,1-5H3/t14-,15-/m0/s1. The van der Waals surface area contributed by atoms with Gasteiger partial charge in [0.2, 0.25) is 10.0 Å². The second-order valence-corrected chi connectivity index (χ2v) is 9.11. The molecule has 2 heterocycles. The van der Waals surface area contributed by atoms with Crippen molar-refractivity contribution in [3.8, 4) is 5.75 Å². The minimum atomic E-state index is -3.48. The second-order valence-electron chi connectivity index (χ2n) is 7.06. The van der Waals surface area contributed by atoms with E-state index in [0.29, 0.717) is 17.2 Å². The summed E-state index contributed by atoms with van der Waals surface area (Å²) in [5, 5.41) is 0. The quantitative estimate of drug-likeness (QED) is 0.798. The van der Waals surface area contributed by atoms with Gasteiger partial charge in [-0.3, -0.25) is 0 Å². The van der Waals surface area contributed by atoms with Gasteiger partial charge in [-0.25, -0.2) is 12.7 Å². The molecule has 0 bridgehead atoms. The molecule has 5 nitrogen and oxygen atoms in total. The second kappa shape index (κ2) is 4.94. The summed E-state index contributed by atoms with van der Waals surface area (Å²) in [4.78, 5) is 0.298. The van der Waals surface area contributed by atoms with E-state index in [1.54, 1.807) is 25.2 Å². The molecule has 1 aromatic carbocycles. The Kier molecular flexibility index (Phi) is 3.54. The fraction of sp³-hybridized carbons (Fsp3) is 0.625. The lowest BCUT2D eigenvalue weighted by Gasteiger charge is -2.30. The van der Waals surface area contributed by atoms with Crippen LogP contribution in [0.4, 0.5) is 0 Å². The normalized spacial score (nSPS) is 25.6. The summed E-state index contributed by atoms with van der Waals surface area (Å²) in [6.07, 6.45) is -0.0457. The smallest absolute Gasteiger partial charge is 0.242 e. The Hall–Kier alpha value is -1.11. The average molecular weight is 325 g/mol. The van der Waals surface area contributed by atoms with Gasteiger partial charge in [0.25, 0.3) is 0 Å². The molecular weight excluding hydrogens is 302 g/mol. The van der Waals surface area contributed by atoms with Crippen LogP contribution in [0.3, 0.4) is 0 Å². The van der Waals surface area contributed by atoms with E-state index in [4.69, 9.17) is 9.47 Å². The van der Waals surface area contributed by atoms with Crippen LogP contribution in [-0.4, -0.2) is 38.0 Å². The van der Waals surface area contributed by atoms with Gasteiger partial charge < -0.3 is 9.47 Å². The van der Waals surface area contributed by atoms with E-state index >= 15 is 0 Å². The molecule has 0 aliphatic carbocycles. The fourth-order valence-electron chi connectivity index (χ4n) is 3.01. The van der Waals surface area contributed by atoms with Gasteiger partial charge in [0.05, 0.1) is 4.90 Å². The molecule has 2 atom stereocenters. The SMILES string of the molecule is CC(C)CN(C)S(=O)(=O)c1ccc2c(c1)[C@@H]1O[C@@H]1C(C)(C)O2. The Labute approximate surface area is 132 Å². The molecule has 0 saturated carbocycles. The highest BCUT2D eigenvalue weighted by Crippen LogP contribution is 2.54. The zero-order chi connectivity index (χ0) is 16.3. The lowest BCUT2D eigenvalue weighted by Crippen LogP contribution is -2.38. The Morgan fingerprint density at radius 2 is 2.00 bits per heavy atom. The molecule has 0 aromatic heterocycles. The number of epoxide rings is 1. The first-order valence-corrected chi connectivity index (χ1v) is 9.01. The van der Waals surface area contributed by atoms with E-state index in [0.717, 1.165) is 5.56 Å². The molecule has 0 radical (unpaired) electrons. The third-order valence-corrected chi connectivity index (χ3v) is 5.99. The van der Waals surface area contributed by atoms with E-state index in [2.05, 4.69) is 0 Å². The highest BCUT2D eigenvalue weighted by atomic mass is 32.2. The first-order valence-electron chi connectivity index (χ1n) is 7.57. The van der Waals surface area contributed by atoms with Gasteiger partial charge in [-0.05, 0) is 38.0 Å².